The molecule has 0 aliphatic carbocycles. The van der Waals surface area contributed by atoms with Crippen LogP contribution in [0.1, 0.15) is 21.7 Å². The number of rotatable bonds is 3. The lowest BCUT2D eigenvalue weighted by atomic mass is 10.0. The summed E-state index contributed by atoms with van der Waals surface area (Å²) in [5.41, 5.74) is 3.83. The van der Waals surface area contributed by atoms with E-state index in [-0.39, 0.29) is 5.56 Å². The highest BCUT2D eigenvalue weighted by Crippen LogP contribution is 2.30. The fraction of sp³-hybridized carbons (Fsp3) is 0.286. The summed E-state index contributed by atoms with van der Waals surface area (Å²) in [6.07, 6.45) is 0. The predicted octanol–water partition coefficient (Wildman–Crippen LogP) is 2.41. The van der Waals surface area contributed by atoms with Gasteiger partial charge in [-0.25, -0.2) is 4.79 Å². The number of aromatic nitrogens is 2. The molecule has 1 aromatic heterocycles. The topological polar surface area (TPSA) is 64.4 Å². The first-order valence-corrected chi connectivity index (χ1v) is 5.87. The Morgan fingerprint density at radius 3 is 2.53 bits per heavy atom. The maximum atomic E-state index is 11.2. The molecule has 0 aliphatic heterocycles. The molecule has 0 atom stereocenters. The molecule has 2 rings (SSSR count). The van der Waals surface area contributed by atoms with Gasteiger partial charge in [0.05, 0.1) is 12.8 Å². The van der Waals surface area contributed by atoms with Gasteiger partial charge in [0.15, 0.2) is 0 Å². The van der Waals surface area contributed by atoms with Crippen molar-refractivity contribution in [2.24, 2.45) is 7.05 Å². The number of carboxylic acid groups (broad SMARTS) is 1. The van der Waals surface area contributed by atoms with Crippen LogP contribution in [0.2, 0.25) is 0 Å². The molecule has 1 heterocycles. The summed E-state index contributed by atoms with van der Waals surface area (Å²) >= 11 is 0. The molecule has 0 radical (unpaired) electrons. The van der Waals surface area contributed by atoms with E-state index in [1.165, 1.54) is 7.11 Å². The third-order valence-corrected chi connectivity index (χ3v) is 3.23. The summed E-state index contributed by atoms with van der Waals surface area (Å²) in [6.45, 7) is 3.87. The Labute approximate surface area is 111 Å². The lowest BCUT2D eigenvalue weighted by molar-refractivity contribution is 0.0693. The second-order valence-electron chi connectivity index (χ2n) is 4.39. The van der Waals surface area contributed by atoms with Crippen LogP contribution in [0.4, 0.5) is 0 Å². The Morgan fingerprint density at radius 2 is 2.05 bits per heavy atom. The normalized spacial score (nSPS) is 10.5. The highest BCUT2D eigenvalue weighted by molar-refractivity contribution is 5.93. The molecule has 1 aromatic carbocycles. The van der Waals surface area contributed by atoms with E-state index in [9.17, 15) is 9.90 Å². The molecule has 1 N–H and O–H groups in total. The van der Waals surface area contributed by atoms with Crippen molar-refractivity contribution in [2.75, 3.05) is 7.11 Å². The molecule has 0 spiro atoms. The van der Waals surface area contributed by atoms with E-state index in [1.807, 2.05) is 27.0 Å². The van der Waals surface area contributed by atoms with Crippen molar-refractivity contribution in [1.29, 1.82) is 0 Å². The van der Waals surface area contributed by atoms with Crippen molar-refractivity contribution >= 4 is 5.97 Å². The molecular formula is C14H16N2O3. The number of benzene rings is 1. The molecule has 5 heteroatoms. The Balaban J connectivity index is 2.64. The summed E-state index contributed by atoms with van der Waals surface area (Å²) in [5, 5.41) is 13.6. The van der Waals surface area contributed by atoms with Crippen molar-refractivity contribution < 1.29 is 14.6 Å². The molecule has 0 amide bonds. The SMILES string of the molecule is COc1ccc(-c2c(C)nn(C)c2C)cc1C(=O)O. The minimum Gasteiger partial charge on any atom is -0.496 e. The maximum Gasteiger partial charge on any atom is 0.339 e. The van der Waals surface area contributed by atoms with Gasteiger partial charge < -0.3 is 9.84 Å². The van der Waals surface area contributed by atoms with Crippen LogP contribution in [0.3, 0.4) is 0 Å². The number of carboxylic acids is 1. The van der Waals surface area contributed by atoms with E-state index in [1.54, 1.807) is 16.8 Å². The van der Waals surface area contributed by atoms with Gasteiger partial charge in [0.2, 0.25) is 0 Å². The molecule has 0 aliphatic rings. The van der Waals surface area contributed by atoms with Crippen LogP contribution in [-0.2, 0) is 7.05 Å². The quantitative estimate of drug-likeness (QED) is 0.920. The van der Waals surface area contributed by atoms with Gasteiger partial charge in [0.25, 0.3) is 0 Å². The number of carbonyl (C=O) groups is 1. The van der Waals surface area contributed by atoms with Crippen LogP contribution < -0.4 is 4.74 Å². The zero-order valence-electron chi connectivity index (χ0n) is 11.4. The molecule has 0 fully saturated rings. The second-order valence-corrected chi connectivity index (χ2v) is 4.39. The average Bonchev–Trinajstić information content (AvgIpc) is 2.62. The minimum atomic E-state index is -1.00. The Hall–Kier alpha value is -2.30. The molecular weight excluding hydrogens is 244 g/mol. The number of hydrogen-bond acceptors (Lipinski definition) is 3. The van der Waals surface area contributed by atoms with Crippen molar-refractivity contribution in [3.63, 3.8) is 0 Å². The standard InChI is InChI=1S/C14H16N2O3/c1-8-13(9(2)16(3)15-8)10-5-6-12(19-4)11(7-10)14(17)18/h5-7H,1-4H3,(H,17,18). The fourth-order valence-electron chi connectivity index (χ4n) is 2.22. The smallest absolute Gasteiger partial charge is 0.339 e. The van der Waals surface area contributed by atoms with E-state index in [4.69, 9.17) is 4.74 Å². The first-order chi connectivity index (χ1) is 8.95. The van der Waals surface area contributed by atoms with Crippen LogP contribution in [0, 0.1) is 13.8 Å². The van der Waals surface area contributed by atoms with Gasteiger partial charge in [-0.3, -0.25) is 4.68 Å². The summed E-state index contributed by atoms with van der Waals surface area (Å²) in [7, 11) is 3.33. The van der Waals surface area contributed by atoms with Gasteiger partial charge in [-0.05, 0) is 31.5 Å². The Kier molecular flexibility index (Phi) is 3.29. The molecule has 0 unspecified atom stereocenters. The predicted molar refractivity (Wildman–Crippen MR) is 71.6 cm³/mol. The summed E-state index contributed by atoms with van der Waals surface area (Å²) in [4.78, 5) is 11.2. The van der Waals surface area contributed by atoms with Crippen LogP contribution in [0.25, 0.3) is 11.1 Å². The first kappa shape index (κ1) is 13.1. The van der Waals surface area contributed by atoms with Crippen LogP contribution >= 0.6 is 0 Å². The Morgan fingerprint density at radius 1 is 1.37 bits per heavy atom. The summed E-state index contributed by atoms with van der Waals surface area (Å²) in [6, 6.07) is 5.14. The number of aryl methyl sites for hydroxylation is 2. The second kappa shape index (κ2) is 4.76. The first-order valence-electron chi connectivity index (χ1n) is 5.87. The van der Waals surface area contributed by atoms with E-state index in [0.29, 0.717) is 5.75 Å². The monoisotopic (exact) mass is 260 g/mol. The van der Waals surface area contributed by atoms with E-state index < -0.39 is 5.97 Å². The van der Waals surface area contributed by atoms with Crippen LogP contribution in [-0.4, -0.2) is 28.0 Å². The maximum absolute atomic E-state index is 11.2. The minimum absolute atomic E-state index is 0.155. The van der Waals surface area contributed by atoms with Gasteiger partial charge >= 0.3 is 5.97 Å². The van der Waals surface area contributed by atoms with E-state index in [2.05, 4.69) is 5.10 Å². The van der Waals surface area contributed by atoms with Crippen molar-refractivity contribution in [2.45, 2.75) is 13.8 Å². The van der Waals surface area contributed by atoms with E-state index >= 15 is 0 Å². The van der Waals surface area contributed by atoms with Crippen molar-refractivity contribution in [3.05, 3.63) is 35.2 Å². The molecule has 19 heavy (non-hydrogen) atoms. The molecule has 5 nitrogen and oxygen atoms in total. The fourth-order valence-corrected chi connectivity index (χ4v) is 2.22. The lowest BCUT2D eigenvalue weighted by Gasteiger charge is -2.08. The van der Waals surface area contributed by atoms with Gasteiger partial charge in [-0.15, -0.1) is 0 Å². The lowest BCUT2D eigenvalue weighted by Crippen LogP contribution is -2.01. The number of hydrogen-bond donors (Lipinski definition) is 1. The van der Waals surface area contributed by atoms with Gasteiger partial charge in [0, 0.05) is 18.3 Å². The third-order valence-electron chi connectivity index (χ3n) is 3.23. The van der Waals surface area contributed by atoms with Crippen molar-refractivity contribution in [3.8, 4) is 16.9 Å². The molecule has 0 saturated heterocycles. The van der Waals surface area contributed by atoms with Crippen LogP contribution in [0.5, 0.6) is 5.75 Å². The highest BCUT2D eigenvalue weighted by Gasteiger charge is 2.16. The summed E-state index contributed by atoms with van der Waals surface area (Å²) in [5.74, 6) is -0.645. The van der Waals surface area contributed by atoms with Crippen LogP contribution in [0.15, 0.2) is 18.2 Å². The largest absolute Gasteiger partial charge is 0.496 e. The van der Waals surface area contributed by atoms with E-state index in [0.717, 1.165) is 22.5 Å². The zero-order valence-corrected chi connectivity index (χ0v) is 11.4. The molecule has 100 valence electrons. The van der Waals surface area contributed by atoms with Crippen molar-refractivity contribution in [1.82, 2.24) is 9.78 Å². The molecule has 2 aromatic rings. The highest BCUT2D eigenvalue weighted by atomic mass is 16.5. The van der Waals surface area contributed by atoms with Gasteiger partial charge in [-0.1, -0.05) is 6.07 Å². The third kappa shape index (κ3) is 2.19. The molecule has 0 saturated carbocycles. The van der Waals surface area contributed by atoms with Gasteiger partial charge in [-0.2, -0.15) is 5.10 Å². The zero-order chi connectivity index (χ0) is 14.2. The average molecular weight is 260 g/mol. The molecule has 0 bridgehead atoms. The number of aromatic carboxylic acids is 1. The number of methoxy groups -OCH3 is 1. The Bertz CT molecular complexity index is 644. The number of nitrogens with zero attached hydrogens (tertiary/aromatic N) is 2. The number of ether oxygens (including phenoxy) is 1. The van der Waals surface area contributed by atoms with Gasteiger partial charge in [0.1, 0.15) is 11.3 Å². The summed E-state index contributed by atoms with van der Waals surface area (Å²) < 4.78 is 6.85.